The number of alkyl halides is 2. The third-order valence-corrected chi connectivity index (χ3v) is 19.1. The lowest BCUT2D eigenvalue weighted by atomic mass is 10.1. The Bertz CT molecular complexity index is 3150. The molecule has 4 aliphatic rings. The van der Waals surface area contributed by atoms with Gasteiger partial charge in [0.15, 0.2) is 0 Å². The molecular formula is C65H87F2IN12O14S. The zero-order valence-electron chi connectivity index (χ0n) is 53.7. The second kappa shape index (κ2) is 38.6. The molecule has 3 aromatic rings. The van der Waals surface area contributed by atoms with Gasteiger partial charge in [-0.3, -0.25) is 82.3 Å². The van der Waals surface area contributed by atoms with Crippen LogP contribution >= 0.6 is 34.4 Å². The number of pyridine rings is 1. The molecule has 1 unspecified atom stereocenters. The van der Waals surface area contributed by atoms with Crippen molar-refractivity contribution in [1.82, 2.24) is 60.1 Å². The van der Waals surface area contributed by atoms with Gasteiger partial charge < -0.3 is 45.1 Å². The molecule has 0 spiro atoms. The fourth-order valence-corrected chi connectivity index (χ4v) is 13.4. The number of imide groups is 1. The summed E-state index contributed by atoms with van der Waals surface area (Å²) in [5, 5.41) is 18.2. The molecule has 4 saturated heterocycles. The first-order chi connectivity index (χ1) is 45.7. The van der Waals surface area contributed by atoms with Gasteiger partial charge in [0.2, 0.25) is 35.4 Å². The molecule has 1 aromatic heterocycles. The summed E-state index contributed by atoms with van der Waals surface area (Å²) in [6, 6.07) is 13.3. The number of nitrogens with zero attached hydrogens (tertiary/aromatic N) is 9. The number of thioether (sulfide) groups is 1. The van der Waals surface area contributed by atoms with Gasteiger partial charge in [-0.2, -0.15) is 0 Å². The Balaban J connectivity index is 0.875. The molecule has 4 N–H and O–H groups in total. The van der Waals surface area contributed by atoms with Crippen molar-refractivity contribution in [2.24, 2.45) is 5.92 Å². The summed E-state index contributed by atoms with van der Waals surface area (Å²) >= 11 is 3.53. The van der Waals surface area contributed by atoms with Crippen LogP contribution in [0.1, 0.15) is 74.2 Å². The van der Waals surface area contributed by atoms with E-state index in [9.17, 15) is 61.8 Å². The fourth-order valence-electron chi connectivity index (χ4n) is 11.8. The molecule has 26 nitrogen and oxygen atoms in total. The molecule has 0 saturated carbocycles. The maximum absolute atomic E-state index is 14.1. The van der Waals surface area contributed by atoms with E-state index in [4.69, 9.17) is 20.6 Å². The summed E-state index contributed by atoms with van der Waals surface area (Å²) in [4.78, 5) is 146. The van der Waals surface area contributed by atoms with E-state index in [1.165, 1.54) is 28.9 Å². The van der Waals surface area contributed by atoms with Crippen LogP contribution in [-0.4, -0.2) is 283 Å². The number of carbonyl (C=O) groups excluding carboxylic acids is 9. The number of benzene rings is 2. The van der Waals surface area contributed by atoms with E-state index in [-0.39, 0.29) is 74.5 Å². The number of terminal acetylenes is 1. The van der Waals surface area contributed by atoms with Gasteiger partial charge in [-0.15, -0.1) is 18.2 Å². The number of halogens is 3. The minimum absolute atomic E-state index is 0.01000. The number of likely N-dealkylation sites (tertiary alicyclic amines) is 2. The van der Waals surface area contributed by atoms with E-state index in [2.05, 4.69) is 66.5 Å². The predicted molar refractivity (Wildman–Crippen MR) is 356 cm³/mol. The van der Waals surface area contributed by atoms with Crippen molar-refractivity contribution in [3.05, 3.63) is 69.4 Å². The Hall–Kier alpha value is -7.15. The van der Waals surface area contributed by atoms with Gasteiger partial charge in [0.1, 0.15) is 19.2 Å². The number of carboxylic acid groups (broad SMARTS) is 1. The lowest BCUT2D eigenvalue weighted by Crippen LogP contribution is -2.51. The van der Waals surface area contributed by atoms with E-state index < -0.39 is 72.4 Å². The van der Waals surface area contributed by atoms with Crippen LogP contribution in [-0.2, 0) is 59.0 Å². The highest BCUT2D eigenvalue weighted by Crippen LogP contribution is 2.32. The van der Waals surface area contributed by atoms with Crippen LogP contribution in [0.2, 0.25) is 0 Å². The molecule has 0 aliphatic carbocycles. The topological polar surface area (TPSA) is 294 Å². The molecule has 2 aromatic carbocycles. The normalized spacial score (nSPS) is 19.4. The molecule has 4 fully saturated rings. The first-order valence-corrected chi connectivity index (χ1v) is 34.3. The van der Waals surface area contributed by atoms with Gasteiger partial charge in [-0.25, -0.2) is 8.78 Å². The largest absolute Gasteiger partial charge is 0.494 e. The maximum atomic E-state index is 14.1. The van der Waals surface area contributed by atoms with E-state index in [0.717, 1.165) is 20.5 Å². The van der Waals surface area contributed by atoms with Crippen molar-refractivity contribution in [1.29, 1.82) is 0 Å². The Labute approximate surface area is 570 Å². The smallest absolute Gasteiger partial charge is 0.317 e. The van der Waals surface area contributed by atoms with Gasteiger partial charge in [0.05, 0.1) is 61.1 Å². The molecule has 518 valence electrons. The van der Waals surface area contributed by atoms with Crippen LogP contribution in [0.15, 0.2) is 54.7 Å². The maximum Gasteiger partial charge on any atom is 0.317 e. The highest BCUT2D eigenvalue weighted by molar-refractivity contribution is 14.1. The number of carboxylic acids is 1. The van der Waals surface area contributed by atoms with Crippen molar-refractivity contribution < 1.29 is 76.0 Å². The Morgan fingerprint density at radius 1 is 0.821 bits per heavy atom. The molecule has 0 bridgehead atoms. The zero-order chi connectivity index (χ0) is 68.3. The fraction of sp³-hybridized carbons (Fsp3) is 0.585. The van der Waals surface area contributed by atoms with Crippen LogP contribution in [0.25, 0.3) is 10.9 Å². The van der Waals surface area contributed by atoms with Crippen LogP contribution in [0.3, 0.4) is 0 Å². The quantitative estimate of drug-likeness (QED) is 0.0219. The van der Waals surface area contributed by atoms with Gasteiger partial charge in [-0.1, -0.05) is 25.0 Å². The summed E-state index contributed by atoms with van der Waals surface area (Å²) in [7, 11) is 0. The summed E-state index contributed by atoms with van der Waals surface area (Å²) in [5.74, 6) is -4.46. The number of ether oxygens (including phenoxy) is 3. The number of unbranched alkanes of at least 4 members (excludes halogenated alkanes) is 1. The second-order valence-electron chi connectivity index (χ2n) is 24.2. The van der Waals surface area contributed by atoms with E-state index in [1.54, 1.807) is 34.9 Å². The number of hydrogen-bond donors (Lipinski definition) is 4. The number of hydrogen-bond acceptors (Lipinski definition) is 20. The number of aromatic nitrogens is 1. The van der Waals surface area contributed by atoms with Crippen LogP contribution in [0.5, 0.6) is 5.75 Å². The van der Waals surface area contributed by atoms with Gasteiger partial charge in [0.25, 0.3) is 24.8 Å². The van der Waals surface area contributed by atoms with Crippen molar-refractivity contribution in [2.45, 2.75) is 88.0 Å². The zero-order valence-corrected chi connectivity index (χ0v) is 56.7. The van der Waals surface area contributed by atoms with Crippen molar-refractivity contribution in [2.75, 3.05) is 150 Å². The van der Waals surface area contributed by atoms with Crippen molar-refractivity contribution in [3.63, 3.8) is 0 Å². The molecule has 7 amide bonds. The summed E-state index contributed by atoms with van der Waals surface area (Å²) in [5.41, 5.74) is 1.88. The standard InChI is InChI=1S/C65H87F2IN12O14S/c1-3-51-36-65(66,67)42-80(51)60(86)37-71-62(89)53-17-19-69-55-16-15-52(34-54(53)55)94-33-7-20-73-29-31-78(32-30-73)63(90)47(2)38-79-59(85)35-56(64(79)91)95-41-50(9-4-5-18-70-57(83)10-6-8-48-11-13-49(68)14-12-48)72-58(84)39-74-21-22-75(40-61(87)88)24-26-77(44-93-46-82)28-27-76(25-23-74)43-92-45-81/h1,11-17,19,34,45-47,50-51,56H,4-10,18,20-33,35-44H2,2H3,(H,70,83)(H,71,89)(H,72,84)(H,87,88)/t47-,50+,51+,56?/m1/s1. The molecule has 0 radical (unpaired) electrons. The van der Waals surface area contributed by atoms with Gasteiger partial charge in [-0.05, 0) is 103 Å². The number of fused-ring (bicyclic) bond motifs is 1. The molecular weight excluding hydrogens is 1370 g/mol. The van der Waals surface area contributed by atoms with E-state index in [1.807, 2.05) is 26.8 Å². The van der Waals surface area contributed by atoms with E-state index in [0.29, 0.717) is 166 Å². The van der Waals surface area contributed by atoms with E-state index >= 15 is 0 Å². The Morgan fingerprint density at radius 2 is 1.47 bits per heavy atom. The first-order valence-electron chi connectivity index (χ1n) is 32.1. The number of aryl methyl sites for hydroxylation is 1. The molecule has 4 atom stereocenters. The lowest BCUT2D eigenvalue weighted by Gasteiger charge is -2.36. The SMILES string of the molecule is C#C[C@H]1CC(F)(F)CN1C(=O)CNC(=O)c1ccnc2ccc(OCCCN3CCN(C(=O)[C@H](C)CN4C(=O)CC(SC[C@H](CCCCNC(=O)CCCc5ccc(I)cc5)NC(=O)CN5CCN(COC=O)CCN(COC=O)CCN(CC(=O)O)CC5)C4=O)CC3)cc12. The predicted octanol–water partition coefficient (Wildman–Crippen LogP) is 2.21. The average Bonchev–Trinajstić information content (AvgIpc) is 1.77. The van der Waals surface area contributed by atoms with Gasteiger partial charge in [0, 0.05) is 144 Å². The number of rotatable bonds is 34. The third kappa shape index (κ3) is 24.8. The van der Waals surface area contributed by atoms with Crippen molar-refractivity contribution >= 4 is 106 Å². The average molecular weight is 1460 g/mol. The highest BCUT2D eigenvalue weighted by Gasteiger charge is 2.46. The number of aliphatic carboxylic acids is 1. The number of carbonyl (C=O) groups is 10. The van der Waals surface area contributed by atoms with Crippen LogP contribution in [0.4, 0.5) is 8.78 Å². The summed E-state index contributed by atoms with van der Waals surface area (Å²) in [6.45, 7) is 6.96. The first kappa shape index (κ1) is 75.2. The molecule has 30 heteroatoms. The van der Waals surface area contributed by atoms with Crippen molar-refractivity contribution in [3.8, 4) is 18.1 Å². The third-order valence-electron chi connectivity index (χ3n) is 17.0. The number of amides is 7. The molecule has 5 heterocycles. The number of nitrogens with one attached hydrogen (secondary N) is 3. The molecule has 95 heavy (non-hydrogen) atoms. The molecule has 7 rings (SSSR count). The van der Waals surface area contributed by atoms with Crippen LogP contribution < -0.4 is 20.7 Å². The Morgan fingerprint density at radius 3 is 2.13 bits per heavy atom. The number of piperazine rings is 1. The Kier molecular flexibility index (Phi) is 30.5. The summed E-state index contributed by atoms with van der Waals surface area (Å²) in [6.07, 6.45) is 10.4. The van der Waals surface area contributed by atoms with Crippen LogP contribution in [0, 0.1) is 21.8 Å². The lowest BCUT2D eigenvalue weighted by molar-refractivity contribution is -0.143. The highest BCUT2D eigenvalue weighted by atomic mass is 127. The molecule has 4 aliphatic heterocycles. The summed E-state index contributed by atoms with van der Waals surface area (Å²) < 4.78 is 45.3. The minimum Gasteiger partial charge on any atom is -0.494 e. The minimum atomic E-state index is -3.11. The van der Waals surface area contributed by atoms with Gasteiger partial charge >= 0.3 is 5.97 Å². The monoisotopic (exact) mass is 1460 g/mol. The second-order valence-corrected chi connectivity index (χ2v) is 26.7.